The summed E-state index contributed by atoms with van der Waals surface area (Å²) in [7, 11) is 0. The first-order chi connectivity index (χ1) is 18.0. The zero-order valence-corrected chi connectivity index (χ0v) is 19.8. The number of carbonyl (C=O) groups excluding carboxylic acids is 1. The minimum atomic E-state index is -0.822. The van der Waals surface area contributed by atoms with Crippen LogP contribution in [0.1, 0.15) is 10.4 Å². The Bertz CT molecular complexity index is 1590. The van der Waals surface area contributed by atoms with Gasteiger partial charge in [-0.3, -0.25) is 14.6 Å². The molecule has 2 N–H and O–H groups in total. The molecule has 0 radical (unpaired) electrons. The standard InChI is InChI=1S/C25H24F2N8O2/c26-16-3-4-17(19(27)14-16)20(36)15-33-9-7-32(8-10-33)11-12-34-6-5-18-23(34)30-25(28)35-24(18)29-22(31-35)21-2-1-13-37-21/h1-6,13-14H,7-12,15H2,(H2,28,30). The number of piperazine rings is 1. The molecule has 0 saturated carbocycles. The highest BCUT2D eigenvalue weighted by Gasteiger charge is 2.22. The largest absolute Gasteiger partial charge is 0.461 e. The summed E-state index contributed by atoms with van der Waals surface area (Å²) in [4.78, 5) is 25.9. The zero-order chi connectivity index (χ0) is 25.5. The molecule has 1 saturated heterocycles. The van der Waals surface area contributed by atoms with Gasteiger partial charge in [0.05, 0.1) is 23.8 Å². The van der Waals surface area contributed by atoms with Gasteiger partial charge in [-0.1, -0.05) is 0 Å². The number of carbonyl (C=O) groups is 1. The third-order valence-corrected chi connectivity index (χ3v) is 6.68. The van der Waals surface area contributed by atoms with E-state index in [2.05, 4.69) is 20.0 Å². The number of benzene rings is 1. The highest BCUT2D eigenvalue weighted by atomic mass is 19.1. The second-order valence-corrected chi connectivity index (χ2v) is 9.03. The van der Waals surface area contributed by atoms with E-state index in [1.807, 2.05) is 21.7 Å². The number of hydrogen-bond donors (Lipinski definition) is 1. The smallest absolute Gasteiger partial charge is 0.225 e. The minimum absolute atomic E-state index is 0.0758. The van der Waals surface area contributed by atoms with E-state index in [1.54, 1.807) is 18.4 Å². The second-order valence-electron chi connectivity index (χ2n) is 9.03. The molecule has 0 aliphatic carbocycles. The van der Waals surface area contributed by atoms with Gasteiger partial charge in [-0.25, -0.2) is 13.8 Å². The van der Waals surface area contributed by atoms with Crippen molar-refractivity contribution in [2.75, 3.05) is 45.0 Å². The Kier molecular flexibility index (Phi) is 5.89. The second kappa shape index (κ2) is 9.37. The summed E-state index contributed by atoms with van der Waals surface area (Å²) in [5, 5.41) is 5.27. The predicted molar refractivity (Wildman–Crippen MR) is 132 cm³/mol. The number of fused-ring (bicyclic) bond motifs is 3. The molecular weight excluding hydrogens is 482 g/mol. The van der Waals surface area contributed by atoms with Crippen molar-refractivity contribution in [1.29, 1.82) is 0 Å². The van der Waals surface area contributed by atoms with E-state index in [0.29, 0.717) is 36.9 Å². The van der Waals surface area contributed by atoms with Crippen molar-refractivity contribution in [1.82, 2.24) is 33.9 Å². The fourth-order valence-corrected chi connectivity index (χ4v) is 4.68. The Morgan fingerprint density at radius 1 is 1.00 bits per heavy atom. The number of nitrogens with zero attached hydrogens (tertiary/aromatic N) is 7. The van der Waals surface area contributed by atoms with E-state index in [1.165, 1.54) is 10.6 Å². The van der Waals surface area contributed by atoms with Crippen molar-refractivity contribution in [2.45, 2.75) is 6.54 Å². The van der Waals surface area contributed by atoms with Crippen LogP contribution < -0.4 is 5.73 Å². The van der Waals surface area contributed by atoms with Crippen molar-refractivity contribution in [2.24, 2.45) is 0 Å². The Labute approximate surface area is 209 Å². The normalized spacial score (nSPS) is 15.2. The maximum Gasteiger partial charge on any atom is 0.225 e. The average Bonchev–Trinajstić information content (AvgIpc) is 3.63. The molecular formula is C25H24F2N8O2. The lowest BCUT2D eigenvalue weighted by molar-refractivity contribution is 0.0845. The summed E-state index contributed by atoms with van der Waals surface area (Å²) in [5.41, 5.74) is 7.46. The van der Waals surface area contributed by atoms with E-state index < -0.39 is 11.6 Å². The maximum atomic E-state index is 13.9. The predicted octanol–water partition coefficient (Wildman–Crippen LogP) is 2.70. The summed E-state index contributed by atoms with van der Waals surface area (Å²) in [6, 6.07) is 8.57. The molecule has 5 aromatic rings. The first kappa shape index (κ1) is 23.3. The minimum Gasteiger partial charge on any atom is -0.461 e. The molecule has 4 aromatic heterocycles. The SMILES string of the molecule is Nc1nc2c(ccn2CCN2CCN(CC(=O)c3ccc(F)cc3F)CC2)c2nc(-c3ccco3)nn12. The van der Waals surface area contributed by atoms with Crippen molar-refractivity contribution < 1.29 is 18.0 Å². The number of hydrogen-bond acceptors (Lipinski definition) is 8. The number of nitrogen functional groups attached to an aromatic ring is 1. The third-order valence-electron chi connectivity index (χ3n) is 6.68. The zero-order valence-electron chi connectivity index (χ0n) is 19.8. The Morgan fingerprint density at radius 2 is 1.81 bits per heavy atom. The highest BCUT2D eigenvalue weighted by molar-refractivity contribution is 5.97. The summed E-state index contributed by atoms with van der Waals surface area (Å²) in [6.45, 7) is 4.50. The maximum absolute atomic E-state index is 13.9. The number of Topliss-reactive ketones (excluding diaryl/α,β-unsaturated/α-hetero) is 1. The van der Waals surface area contributed by atoms with Crippen LogP contribution in [0.3, 0.4) is 0 Å². The Hall–Kier alpha value is -4.16. The number of rotatable bonds is 7. The molecule has 0 unspecified atom stereocenters. The summed E-state index contributed by atoms with van der Waals surface area (Å²) >= 11 is 0. The molecule has 6 rings (SSSR count). The molecule has 0 atom stereocenters. The molecule has 0 bridgehead atoms. The molecule has 1 aromatic carbocycles. The Balaban J connectivity index is 1.09. The van der Waals surface area contributed by atoms with Crippen molar-refractivity contribution in [3.63, 3.8) is 0 Å². The molecule has 10 nitrogen and oxygen atoms in total. The number of halogens is 2. The quantitative estimate of drug-likeness (QED) is 0.336. The van der Waals surface area contributed by atoms with Crippen LogP contribution in [0.2, 0.25) is 0 Å². The van der Waals surface area contributed by atoms with Crippen LogP contribution in [0, 0.1) is 11.6 Å². The molecule has 0 spiro atoms. The van der Waals surface area contributed by atoms with E-state index >= 15 is 0 Å². The van der Waals surface area contributed by atoms with E-state index in [4.69, 9.17) is 10.2 Å². The van der Waals surface area contributed by atoms with Crippen LogP contribution >= 0.6 is 0 Å². The van der Waals surface area contributed by atoms with Crippen LogP contribution in [0.4, 0.5) is 14.7 Å². The Morgan fingerprint density at radius 3 is 2.57 bits per heavy atom. The van der Waals surface area contributed by atoms with Gasteiger partial charge in [0, 0.05) is 51.5 Å². The average molecular weight is 507 g/mol. The van der Waals surface area contributed by atoms with Crippen LogP contribution in [0.5, 0.6) is 0 Å². The van der Waals surface area contributed by atoms with Gasteiger partial charge < -0.3 is 14.7 Å². The van der Waals surface area contributed by atoms with Gasteiger partial charge in [0.15, 0.2) is 17.2 Å². The monoisotopic (exact) mass is 506 g/mol. The van der Waals surface area contributed by atoms with Crippen molar-refractivity contribution in [3.05, 3.63) is 66.1 Å². The number of anilines is 1. The lowest BCUT2D eigenvalue weighted by Gasteiger charge is -2.34. The van der Waals surface area contributed by atoms with Gasteiger partial charge in [0.25, 0.3) is 0 Å². The number of ketones is 1. The molecule has 1 fully saturated rings. The molecule has 12 heteroatoms. The van der Waals surface area contributed by atoms with E-state index in [9.17, 15) is 13.6 Å². The lowest BCUT2D eigenvalue weighted by Crippen LogP contribution is -2.48. The molecule has 1 aliphatic rings. The van der Waals surface area contributed by atoms with Gasteiger partial charge in [-0.15, -0.1) is 5.10 Å². The van der Waals surface area contributed by atoms with Gasteiger partial charge in [0.2, 0.25) is 11.8 Å². The summed E-state index contributed by atoms with van der Waals surface area (Å²) < 4.78 is 36.0. The molecule has 190 valence electrons. The van der Waals surface area contributed by atoms with Crippen LogP contribution in [-0.2, 0) is 6.54 Å². The van der Waals surface area contributed by atoms with Crippen LogP contribution in [-0.4, -0.2) is 79.0 Å². The molecule has 1 aliphatic heterocycles. The fraction of sp³-hybridized carbons (Fsp3) is 0.280. The number of furan rings is 1. The number of aromatic nitrogens is 5. The molecule has 0 amide bonds. The summed E-state index contributed by atoms with van der Waals surface area (Å²) in [6.07, 6.45) is 3.53. The van der Waals surface area contributed by atoms with Crippen molar-refractivity contribution in [3.8, 4) is 11.6 Å². The van der Waals surface area contributed by atoms with E-state index in [-0.39, 0.29) is 23.8 Å². The van der Waals surface area contributed by atoms with Gasteiger partial charge in [-0.2, -0.15) is 9.50 Å². The fourth-order valence-electron chi connectivity index (χ4n) is 4.68. The van der Waals surface area contributed by atoms with Crippen molar-refractivity contribution >= 4 is 28.4 Å². The molecule has 37 heavy (non-hydrogen) atoms. The van der Waals surface area contributed by atoms with Crippen LogP contribution in [0.15, 0.2) is 53.3 Å². The summed E-state index contributed by atoms with van der Waals surface area (Å²) in [5.74, 6) is -0.624. The topological polar surface area (TPSA) is 111 Å². The van der Waals surface area contributed by atoms with Gasteiger partial charge in [-0.05, 0) is 30.3 Å². The third kappa shape index (κ3) is 4.45. The van der Waals surface area contributed by atoms with Gasteiger partial charge >= 0.3 is 0 Å². The lowest BCUT2D eigenvalue weighted by atomic mass is 10.1. The van der Waals surface area contributed by atoms with E-state index in [0.717, 1.165) is 42.8 Å². The first-order valence-corrected chi connectivity index (χ1v) is 11.9. The first-order valence-electron chi connectivity index (χ1n) is 11.9. The number of nitrogens with two attached hydrogens (primary N) is 1. The molecule has 5 heterocycles. The van der Waals surface area contributed by atoms with Gasteiger partial charge in [0.1, 0.15) is 17.3 Å². The highest BCUT2D eigenvalue weighted by Crippen LogP contribution is 2.24. The van der Waals surface area contributed by atoms with Crippen LogP contribution in [0.25, 0.3) is 28.3 Å².